The van der Waals surface area contributed by atoms with E-state index in [1.54, 1.807) is 4.31 Å². The van der Waals surface area contributed by atoms with Gasteiger partial charge in [-0.15, -0.1) is 0 Å². The third-order valence-electron chi connectivity index (χ3n) is 3.85. The first-order valence-electron chi connectivity index (χ1n) is 6.36. The molecule has 0 radical (unpaired) electrons. The predicted molar refractivity (Wildman–Crippen MR) is 66.1 cm³/mol. The number of nitrogens with zero attached hydrogens (tertiary/aromatic N) is 1. The van der Waals surface area contributed by atoms with Gasteiger partial charge in [-0.1, -0.05) is 6.92 Å². The smallest absolute Gasteiger partial charge is 0.216 e. The highest BCUT2D eigenvalue weighted by Crippen LogP contribution is 2.27. The van der Waals surface area contributed by atoms with E-state index >= 15 is 0 Å². The van der Waals surface area contributed by atoms with Gasteiger partial charge in [0.25, 0.3) is 0 Å². The summed E-state index contributed by atoms with van der Waals surface area (Å²) in [5, 5.41) is 0. The number of hydrogen-bond acceptors (Lipinski definition) is 4. The molecule has 2 saturated heterocycles. The second-order valence-electron chi connectivity index (χ2n) is 5.09. The standard InChI is InChI=1S/C11H22N2O3S/c1-9-4-5-13(11(9)7-12)17(14,15)8-10-3-2-6-16-10/h9-11H,2-8,12H2,1H3. The fourth-order valence-electron chi connectivity index (χ4n) is 2.77. The van der Waals surface area contributed by atoms with Gasteiger partial charge in [0.15, 0.2) is 0 Å². The summed E-state index contributed by atoms with van der Waals surface area (Å²) in [4.78, 5) is 0. The molecule has 2 rings (SSSR count). The summed E-state index contributed by atoms with van der Waals surface area (Å²) in [6.45, 7) is 3.78. The first-order valence-corrected chi connectivity index (χ1v) is 7.96. The number of hydrogen-bond donors (Lipinski definition) is 1. The molecule has 0 spiro atoms. The highest BCUT2D eigenvalue weighted by atomic mass is 32.2. The molecule has 2 N–H and O–H groups in total. The topological polar surface area (TPSA) is 72.6 Å². The molecule has 3 unspecified atom stereocenters. The minimum Gasteiger partial charge on any atom is -0.377 e. The van der Waals surface area contributed by atoms with Gasteiger partial charge in [0.05, 0.1) is 11.9 Å². The van der Waals surface area contributed by atoms with Crippen LogP contribution >= 0.6 is 0 Å². The Kier molecular flexibility index (Phi) is 4.07. The predicted octanol–water partition coefficient (Wildman–Crippen LogP) is 0.164. The zero-order valence-corrected chi connectivity index (χ0v) is 11.2. The highest BCUT2D eigenvalue weighted by molar-refractivity contribution is 7.89. The molecule has 6 heteroatoms. The Morgan fingerprint density at radius 3 is 2.76 bits per heavy atom. The largest absolute Gasteiger partial charge is 0.377 e. The first-order chi connectivity index (χ1) is 8.04. The average Bonchev–Trinajstić information content (AvgIpc) is 2.86. The van der Waals surface area contributed by atoms with Crippen LogP contribution in [0.25, 0.3) is 0 Å². The average molecular weight is 262 g/mol. The minimum atomic E-state index is -3.21. The third kappa shape index (κ3) is 2.81. The van der Waals surface area contributed by atoms with E-state index in [1.165, 1.54) is 0 Å². The fraction of sp³-hybridized carbons (Fsp3) is 1.00. The number of nitrogens with two attached hydrogens (primary N) is 1. The normalized spacial score (nSPS) is 35.5. The Labute approximate surface area is 103 Å². The maximum absolute atomic E-state index is 12.3. The van der Waals surface area contributed by atoms with Crippen molar-refractivity contribution in [1.29, 1.82) is 0 Å². The zero-order valence-electron chi connectivity index (χ0n) is 10.3. The van der Waals surface area contributed by atoms with Crippen LogP contribution in [0.2, 0.25) is 0 Å². The van der Waals surface area contributed by atoms with Crippen molar-refractivity contribution in [1.82, 2.24) is 4.31 Å². The highest BCUT2D eigenvalue weighted by Gasteiger charge is 2.39. The zero-order chi connectivity index (χ0) is 12.5. The van der Waals surface area contributed by atoms with Crippen molar-refractivity contribution >= 4 is 10.0 Å². The van der Waals surface area contributed by atoms with E-state index in [1.807, 2.05) is 0 Å². The maximum atomic E-state index is 12.3. The molecule has 0 saturated carbocycles. The van der Waals surface area contributed by atoms with E-state index in [4.69, 9.17) is 10.5 Å². The molecule has 100 valence electrons. The van der Waals surface area contributed by atoms with Crippen LogP contribution in [-0.2, 0) is 14.8 Å². The Morgan fingerprint density at radius 1 is 1.41 bits per heavy atom. The number of rotatable bonds is 4. The molecular formula is C11H22N2O3S. The molecule has 2 aliphatic heterocycles. The van der Waals surface area contributed by atoms with E-state index in [9.17, 15) is 8.42 Å². The Bertz CT molecular complexity index is 352. The van der Waals surface area contributed by atoms with Crippen LogP contribution in [0.3, 0.4) is 0 Å². The molecule has 2 fully saturated rings. The lowest BCUT2D eigenvalue weighted by atomic mass is 10.0. The van der Waals surface area contributed by atoms with Gasteiger partial charge in [0.1, 0.15) is 0 Å². The molecule has 5 nitrogen and oxygen atoms in total. The van der Waals surface area contributed by atoms with Crippen molar-refractivity contribution in [3.63, 3.8) is 0 Å². The molecule has 0 aromatic rings. The SMILES string of the molecule is CC1CCN(S(=O)(=O)CC2CCCO2)C1CN. The van der Waals surface area contributed by atoms with Gasteiger partial charge in [0.2, 0.25) is 10.0 Å². The van der Waals surface area contributed by atoms with Crippen molar-refractivity contribution in [3.8, 4) is 0 Å². The lowest BCUT2D eigenvalue weighted by Crippen LogP contribution is -2.44. The number of sulfonamides is 1. The van der Waals surface area contributed by atoms with E-state index in [-0.39, 0.29) is 17.9 Å². The van der Waals surface area contributed by atoms with E-state index in [0.29, 0.717) is 25.6 Å². The summed E-state index contributed by atoms with van der Waals surface area (Å²) in [6, 6.07) is -0.0265. The van der Waals surface area contributed by atoms with Gasteiger partial charge in [0, 0.05) is 25.7 Å². The Morgan fingerprint density at radius 2 is 2.18 bits per heavy atom. The van der Waals surface area contributed by atoms with Crippen molar-refractivity contribution in [2.45, 2.75) is 38.3 Å². The van der Waals surface area contributed by atoms with Crippen LogP contribution < -0.4 is 5.73 Å². The molecule has 0 aromatic heterocycles. The second kappa shape index (κ2) is 5.22. The monoisotopic (exact) mass is 262 g/mol. The minimum absolute atomic E-state index is 0.0265. The molecule has 0 aliphatic carbocycles. The molecular weight excluding hydrogens is 240 g/mol. The van der Waals surface area contributed by atoms with E-state index < -0.39 is 10.0 Å². The summed E-state index contributed by atoms with van der Waals surface area (Å²) in [5.74, 6) is 0.482. The molecule has 3 atom stereocenters. The third-order valence-corrected chi connectivity index (χ3v) is 5.81. The molecule has 0 amide bonds. The van der Waals surface area contributed by atoms with Crippen LogP contribution in [0.4, 0.5) is 0 Å². The number of ether oxygens (including phenoxy) is 1. The van der Waals surface area contributed by atoms with Gasteiger partial charge in [-0.3, -0.25) is 0 Å². The van der Waals surface area contributed by atoms with Crippen LogP contribution in [0.15, 0.2) is 0 Å². The van der Waals surface area contributed by atoms with Gasteiger partial charge < -0.3 is 10.5 Å². The van der Waals surface area contributed by atoms with E-state index in [0.717, 1.165) is 19.3 Å². The van der Waals surface area contributed by atoms with Crippen LogP contribution in [0.5, 0.6) is 0 Å². The lowest BCUT2D eigenvalue weighted by molar-refractivity contribution is 0.126. The first kappa shape index (κ1) is 13.3. The summed E-state index contributed by atoms with van der Waals surface area (Å²) in [6.07, 6.45) is 2.62. The maximum Gasteiger partial charge on any atom is 0.216 e. The van der Waals surface area contributed by atoms with Gasteiger partial charge in [-0.05, 0) is 25.2 Å². The summed E-state index contributed by atoms with van der Waals surface area (Å²) in [7, 11) is -3.21. The van der Waals surface area contributed by atoms with Gasteiger partial charge >= 0.3 is 0 Å². The van der Waals surface area contributed by atoms with Gasteiger partial charge in [-0.25, -0.2) is 8.42 Å². The van der Waals surface area contributed by atoms with Gasteiger partial charge in [-0.2, -0.15) is 4.31 Å². The lowest BCUT2D eigenvalue weighted by Gasteiger charge is -2.26. The Balaban J connectivity index is 2.04. The molecule has 0 bridgehead atoms. The quantitative estimate of drug-likeness (QED) is 0.783. The summed E-state index contributed by atoms with van der Waals surface area (Å²) < 4.78 is 31.6. The van der Waals surface area contributed by atoms with Crippen LogP contribution in [0, 0.1) is 5.92 Å². The van der Waals surface area contributed by atoms with Crippen molar-refractivity contribution < 1.29 is 13.2 Å². The van der Waals surface area contributed by atoms with Crippen molar-refractivity contribution in [3.05, 3.63) is 0 Å². The molecule has 2 aliphatic rings. The second-order valence-corrected chi connectivity index (χ2v) is 7.06. The van der Waals surface area contributed by atoms with Crippen LogP contribution in [0.1, 0.15) is 26.2 Å². The molecule has 2 heterocycles. The Hall–Kier alpha value is -0.170. The van der Waals surface area contributed by atoms with Crippen LogP contribution in [-0.4, -0.2) is 50.3 Å². The molecule has 17 heavy (non-hydrogen) atoms. The molecule has 0 aromatic carbocycles. The van der Waals surface area contributed by atoms with Crippen molar-refractivity contribution in [2.24, 2.45) is 11.7 Å². The fourth-order valence-corrected chi connectivity index (χ4v) is 4.79. The van der Waals surface area contributed by atoms with E-state index in [2.05, 4.69) is 6.92 Å². The summed E-state index contributed by atoms with van der Waals surface area (Å²) >= 11 is 0. The summed E-state index contributed by atoms with van der Waals surface area (Å²) in [5.41, 5.74) is 5.68. The van der Waals surface area contributed by atoms with Crippen molar-refractivity contribution in [2.75, 3.05) is 25.4 Å².